The number of terminal acetylenes is 1. The monoisotopic (exact) mass is 309 g/mol. The van der Waals surface area contributed by atoms with Gasteiger partial charge in [-0.15, -0.1) is 12.3 Å². The van der Waals surface area contributed by atoms with Crippen molar-refractivity contribution in [2.24, 2.45) is 0 Å². The predicted molar refractivity (Wildman–Crippen MR) is 94.0 cm³/mol. The lowest BCUT2D eigenvalue weighted by atomic mass is 10.1. The molecule has 0 radical (unpaired) electrons. The zero-order chi connectivity index (χ0) is 16.9. The molecule has 0 bridgehead atoms. The molecule has 0 fully saturated rings. The van der Waals surface area contributed by atoms with Crippen LogP contribution < -0.4 is 0 Å². The molecule has 120 valence electrons. The van der Waals surface area contributed by atoms with E-state index < -0.39 is 5.60 Å². The highest BCUT2D eigenvalue weighted by Gasteiger charge is 2.22. The summed E-state index contributed by atoms with van der Waals surface area (Å²) in [4.78, 5) is 14.0. The van der Waals surface area contributed by atoms with Gasteiger partial charge >= 0.3 is 6.09 Å². The van der Waals surface area contributed by atoms with Gasteiger partial charge in [-0.25, -0.2) is 4.79 Å². The average Bonchev–Trinajstić information content (AvgIpc) is 2.49. The van der Waals surface area contributed by atoms with E-state index >= 15 is 0 Å². The summed E-state index contributed by atoms with van der Waals surface area (Å²) in [7, 11) is 0. The number of amides is 1. The van der Waals surface area contributed by atoms with E-state index in [4.69, 9.17) is 11.2 Å². The number of benzene rings is 2. The summed E-state index contributed by atoms with van der Waals surface area (Å²) in [5.74, 6) is 2.58. The number of carbonyl (C=O) groups excluding carboxylic acids is 1. The quantitative estimate of drug-likeness (QED) is 0.772. The van der Waals surface area contributed by atoms with Gasteiger partial charge in [-0.2, -0.15) is 0 Å². The molecule has 0 atom stereocenters. The molecule has 0 N–H and O–H groups in total. The Morgan fingerprint density at radius 1 is 1.17 bits per heavy atom. The minimum atomic E-state index is -0.519. The van der Waals surface area contributed by atoms with Gasteiger partial charge in [0.25, 0.3) is 0 Å². The van der Waals surface area contributed by atoms with Crippen LogP contribution in [0.15, 0.2) is 42.5 Å². The number of ether oxygens (including phenoxy) is 1. The fourth-order valence-electron chi connectivity index (χ4n) is 2.32. The lowest BCUT2D eigenvalue weighted by Gasteiger charge is -2.27. The number of hydrogen-bond acceptors (Lipinski definition) is 2. The van der Waals surface area contributed by atoms with Gasteiger partial charge in [0.15, 0.2) is 0 Å². The Balaban J connectivity index is 2.18. The maximum absolute atomic E-state index is 12.4. The van der Waals surface area contributed by atoms with Gasteiger partial charge in [0.2, 0.25) is 0 Å². The highest BCUT2D eigenvalue weighted by molar-refractivity contribution is 5.83. The molecule has 3 heteroatoms. The maximum atomic E-state index is 12.4. The Kier molecular flexibility index (Phi) is 5.28. The predicted octanol–water partition coefficient (Wildman–Crippen LogP) is 4.60. The molecule has 0 aliphatic heterocycles. The summed E-state index contributed by atoms with van der Waals surface area (Å²) in [5, 5.41) is 2.34. The zero-order valence-electron chi connectivity index (χ0n) is 14.0. The molecule has 0 aliphatic rings. The third-order valence-electron chi connectivity index (χ3n) is 3.37. The van der Waals surface area contributed by atoms with Gasteiger partial charge in [0.1, 0.15) is 5.60 Å². The van der Waals surface area contributed by atoms with Crippen LogP contribution in [0.4, 0.5) is 4.79 Å². The molecule has 3 nitrogen and oxygen atoms in total. The van der Waals surface area contributed by atoms with Crippen LogP contribution in [0.1, 0.15) is 32.8 Å². The second-order valence-electron chi connectivity index (χ2n) is 6.54. The highest BCUT2D eigenvalue weighted by Crippen LogP contribution is 2.18. The maximum Gasteiger partial charge on any atom is 0.410 e. The molecular formula is C20H23NO2. The van der Waals surface area contributed by atoms with Gasteiger partial charge in [-0.1, -0.05) is 36.4 Å². The van der Waals surface area contributed by atoms with E-state index in [1.54, 1.807) is 4.90 Å². The molecule has 0 saturated carbocycles. The first-order valence-electron chi connectivity index (χ1n) is 7.78. The first-order chi connectivity index (χ1) is 10.9. The van der Waals surface area contributed by atoms with Crippen LogP contribution >= 0.6 is 0 Å². The number of rotatable bonds is 4. The molecule has 0 spiro atoms. The van der Waals surface area contributed by atoms with Crippen molar-refractivity contribution < 1.29 is 9.53 Å². The molecule has 2 aromatic rings. The molecule has 2 rings (SSSR count). The molecular weight excluding hydrogens is 286 g/mol. The van der Waals surface area contributed by atoms with Crippen molar-refractivity contribution in [3.63, 3.8) is 0 Å². The third kappa shape index (κ3) is 5.03. The Bertz CT molecular complexity index is 722. The average molecular weight is 309 g/mol. The highest BCUT2D eigenvalue weighted by atomic mass is 16.6. The topological polar surface area (TPSA) is 29.5 Å². The fraction of sp³-hybridized carbons (Fsp3) is 0.350. The van der Waals surface area contributed by atoms with Crippen molar-refractivity contribution >= 4 is 16.9 Å². The summed E-state index contributed by atoms with van der Waals surface area (Å²) >= 11 is 0. The normalized spacial score (nSPS) is 11.0. The van der Waals surface area contributed by atoms with Gasteiger partial charge in [-0.3, -0.25) is 0 Å². The van der Waals surface area contributed by atoms with Crippen molar-refractivity contribution in [3.8, 4) is 12.3 Å². The van der Waals surface area contributed by atoms with E-state index in [0.717, 1.165) is 10.9 Å². The minimum absolute atomic E-state index is 0.332. The van der Waals surface area contributed by atoms with Crippen molar-refractivity contribution in [1.82, 2.24) is 4.90 Å². The summed E-state index contributed by atoms with van der Waals surface area (Å²) in [6.07, 6.45) is 5.52. The lowest BCUT2D eigenvalue weighted by molar-refractivity contribution is 0.0238. The Hall–Kier alpha value is -2.47. The van der Waals surface area contributed by atoms with Crippen LogP contribution in [0.25, 0.3) is 10.8 Å². The molecule has 0 unspecified atom stereocenters. The lowest BCUT2D eigenvalue weighted by Crippen LogP contribution is -2.37. The standard InChI is InChI=1S/C20H23NO2/c1-5-6-13-21(19(22)23-20(2,3)4)15-16-11-12-17-9-7-8-10-18(17)14-16/h1,7-12,14H,6,13,15H2,2-4H3. The molecule has 0 saturated heterocycles. The van der Waals surface area contributed by atoms with Crippen LogP contribution in [-0.4, -0.2) is 23.1 Å². The van der Waals surface area contributed by atoms with Crippen LogP contribution in [0.5, 0.6) is 0 Å². The second kappa shape index (κ2) is 7.19. The van der Waals surface area contributed by atoms with E-state index in [9.17, 15) is 4.79 Å². The van der Waals surface area contributed by atoms with E-state index in [1.807, 2.05) is 39.0 Å². The van der Waals surface area contributed by atoms with Crippen molar-refractivity contribution in [3.05, 3.63) is 48.0 Å². The van der Waals surface area contributed by atoms with E-state index in [2.05, 4.69) is 30.2 Å². The van der Waals surface area contributed by atoms with Crippen LogP contribution in [0.3, 0.4) is 0 Å². The largest absolute Gasteiger partial charge is 0.444 e. The molecule has 23 heavy (non-hydrogen) atoms. The first kappa shape index (κ1) is 16.9. The third-order valence-corrected chi connectivity index (χ3v) is 3.37. The summed E-state index contributed by atoms with van der Waals surface area (Å²) in [6.45, 7) is 6.56. The summed E-state index contributed by atoms with van der Waals surface area (Å²) in [6, 6.07) is 14.4. The SMILES string of the molecule is C#CCCN(Cc1ccc2ccccc2c1)C(=O)OC(C)(C)C. The van der Waals surface area contributed by atoms with E-state index in [-0.39, 0.29) is 6.09 Å². The van der Waals surface area contributed by atoms with Gasteiger partial charge in [0.05, 0.1) is 0 Å². The fourth-order valence-corrected chi connectivity index (χ4v) is 2.32. The minimum Gasteiger partial charge on any atom is -0.444 e. The number of fused-ring (bicyclic) bond motifs is 1. The molecule has 1 amide bonds. The molecule has 0 aromatic heterocycles. The Morgan fingerprint density at radius 2 is 1.87 bits per heavy atom. The van der Waals surface area contributed by atoms with E-state index in [1.165, 1.54) is 5.39 Å². The first-order valence-corrected chi connectivity index (χ1v) is 7.78. The van der Waals surface area contributed by atoms with Crippen molar-refractivity contribution in [1.29, 1.82) is 0 Å². The van der Waals surface area contributed by atoms with Gasteiger partial charge in [-0.05, 0) is 43.2 Å². The number of carbonyl (C=O) groups is 1. The van der Waals surface area contributed by atoms with Crippen LogP contribution in [0.2, 0.25) is 0 Å². The summed E-state index contributed by atoms with van der Waals surface area (Å²) in [5.41, 5.74) is 0.543. The second-order valence-corrected chi connectivity index (χ2v) is 6.54. The van der Waals surface area contributed by atoms with Gasteiger partial charge < -0.3 is 9.64 Å². The van der Waals surface area contributed by atoms with Gasteiger partial charge in [0, 0.05) is 19.5 Å². The number of hydrogen-bond donors (Lipinski definition) is 0. The van der Waals surface area contributed by atoms with Crippen molar-refractivity contribution in [2.75, 3.05) is 6.54 Å². The van der Waals surface area contributed by atoms with E-state index in [0.29, 0.717) is 19.5 Å². The molecule has 2 aromatic carbocycles. The Morgan fingerprint density at radius 3 is 2.52 bits per heavy atom. The van der Waals surface area contributed by atoms with Crippen molar-refractivity contribution in [2.45, 2.75) is 39.3 Å². The number of nitrogens with zero attached hydrogens (tertiary/aromatic N) is 1. The molecule has 0 aliphatic carbocycles. The van der Waals surface area contributed by atoms with Crippen LogP contribution in [0, 0.1) is 12.3 Å². The Labute approximate surface area is 138 Å². The van der Waals surface area contributed by atoms with Crippen LogP contribution in [-0.2, 0) is 11.3 Å². The smallest absolute Gasteiger partial charge is 0.410 e. The zero-order valence-corrected chi connectivity index (χ0v) is 14.0. The summed E-state index contributed by atoms with van der Waals surface area (Å²) < 4.78 is 5.47. The molecule has 0 heterocycles.